The van der Waals surface area contributed by atoms with Crippen molar-refractivity contribution in [3.63, 3.8) is 0 Å². The number of carbonyl (C=O) groups excluding carboxylic acids is 1. The van der Waals surface area contributed by atoms with E-state index in [1.54, 1.807) is 13.8 Å². The Labute approximate surface area is 82.1 Å². The lowest BCUT2D eigenvalue weighted by Gasteiger charge is -2.08. The number of aryl methyl sites for hydroxylation is 1. The van der Waals surface area contributed by atoms with E-state index < -0.39 is 5.97 Å². The highest BCUT2D eigenvalue weighted by atomic mass is 16.5. The first kappa shape index (κ1) is 10.2. The SMILES string of the molecule is CC(=O)Oc1c(C)n[c]c(C#N)c1C. The van der Waals surface area contributed by atoms with E-state index in [2.05, 4.69) is 11.2 Å². The van der Waals surface area contributed by atoms with Gasteiger partial charge in [0, 0.05) is 12.5 Å². The molecule has 0 amide bonds. The van der Waals surface area contributed by atoms with Crippen molar-refractivity contribution < 1.29 is 9.53 Å². The zero-order valence-corrected chi connectivity index (χ0v) is 8.21. The van der Waals surface area contributed by atoms with Gasteiger partial charge in [-0.05, 0) is 13.8 Å². The molecule has 0 unspecified atom stereocenters. The smallest absolute Gasteiger partial charge is 0.308 e. The number of hydrogen-bond donors (Lipinski definition) is 0. The third-order valence-electron chi connectivity index (χ3n) is 1.74. The molecule has 0 fully saturated rings. The number of hydrogen-bond acceptors (Lipinski definition) is 4. The Morgan fingerprint density at radius 1 is 1.57 bits per heavy atom. The fourth-order valence-corrected chi connectivity index (χ4v) is 1.06. The zero-order valence-electron chi connectivity index (χ0n) is 8.21. The van der Waals surface area contributed by atoms with Crippen LogP contribution >= 0.6 is 0 Å². The molecule has 1 heterocycles. The van der Waals surface area contributed by atoms with Crippen molar-refractivity contribution in [3.8, 4) is 11.8 Å². The molecule has 1 aromatic rings. The molecule has 0 aliphatic carbocycles. The van der Waals surface area contributed by atoms with Gasteiger partial charge in [0.15, 0.2) is 5.75 Å². The average Bonchev–Trinajstić information content (AvgIpc) is 2.12. The van der Waals surface area contributed by atoms with Crippen LogP contribution in [0.3, 0.4) is 0 Å². The average molecular weight is 189 g/mol. The van der Waals surface area contributed by atoms with Gasteiger partial charge in [-0.1, -0.05) is 0 Å². The largest absolute Gasteiger partial charge is 0.424 e. The monoisotopic (exact) mass is 189 g/mol. The van der Waals surface area contributed by atoms with Gasteiger partial charge < -0.3 is 4.74 Å². The summed E-state index contributed by atoms with van der Waals surface area (Å²) in [6.45, 7) is 4.70. The van der Waals surface area contributed by atoms with Gasteiger partial charge in [0.1, 0.15) is 12.3 Å². The van der Waals surface area contributed by atoms with E-state index in [-0.39, 0.29) is 0 Å². The Hall–Kier alpha value is -1.89. The number of carbonyl (C=O) groups is 1. The molecular formula is C10H9N2O2. The first-order chi connectivity index (χ1) is 6.56. The van der Waals surface area contributed by atoms with Crippen LogP contribution in [0, 0.1) is 31.4 Å². The predicted octanol–water partition coefficient (Wildman–Crippen LogP) is 1.30. The number of nitrogens with zero attached hydrogens (tertiary/aromatic N) is 2. The number of nitriles is 1. The molecule has 0 atom stereocenters. The Morgan fingerprint density at radius 3 is 2.71 bits per heavy atom. The maximum absolute atomic E-state index is 10.8. The van der Waals surface area contributed by atoms with E-state index in [9.17, 15) is 4.79 Å². The Morgan fingerprint density at radius 2 is 2.21 bits per heavy atom. The van der Waals surface area contributed by atoms with Crippen molar-refractivity contribution in [1.29, 1.82) is 5.26 Å². The summed E-state index contributed by atoms with van der Waals surface area (Å²) in [6.07, 6.45) is 2.57. The van der Waals surface area contributed by atoms with E-state index >= 15 is 0 Å². The minimum Gasteiger partial charge on any atom is -0.424 e. The molecule has 0 bridgehead atoms. The molecule has 0 saturated heterocycles. The van der Waals surface area contributed by atoms with Gasteiger partial charge in [-0.25, -0.2) is 4.98 Å². The van der Waals surface area contributed by atoms with Crippen LogP contribution in [-0.2, 0) is 4.79 Å². The lowest BCUT2D eigenvalue weighted by atomic mass is 10.1. The van der Waals surface area contributed by atoms with Gasteiger partial charge in [0.05, 0.1) is 11.3 Å². The summed E-state index contributed by atoms with van der Waals surface area (Å²) in [7, 11) is 0. The second kappa shape index (κ2) is 3.88. The van der Waals surface area contributed by atoms with Crippen molar-refractivity contribution in [2.24, 2.45) is 0 Å². The van der Waals surface area contributed by atoms with Gasteiger partial charge >= 0.3 is 5.97 Å². The topological polar surface area (TPSA) is 63.0 Å². The summed E-state index contributed by atoms with van der Waals surface area (Å²) in [5, 5.41) is 8.71. The first-order valence-corrected chi connectivity index (χ1v) is 4.03. The quantitative estimate of drug-likeness (QED) is 0.624. The van der Waals surface area contributed by atoms with Crippen LogP contribution in [0.4, 0.5) is 0 Å². The molecule has 0 aliphatic rings. The highest BCUT2D eigenvalue weighted by Gasteiger charge is 2.11. The number of aromatic nitrogens is 1. The molecule has 0 saturated carbocycles. The number of ether oxygens (including phenoxy) is 1. The zero-order chi connectivity index (χ0) is 10.7. The molecule has 0 aromatic carbocycles. The number of esters is 1. The van der Waals surface area contributed by atoms with E-state index in [4.69, 9.17) is 10.00 Å². The summed E-state index contributed by atoms with van der Waals surface area (Å²) < 4.78 is 4.95. The molecule has 0 spiro atoms. The van der Waals surface area contributed by atoms with Crippen molar-refractivity contribution in [2.75, 3.05) is 0 Å². The van der Waals surface area contributed by atoms with E-state index in [0.29, 0.717) is 22.6 Å². The summed E-state index contributed by atoms with van der Waals surface area (Å²) in [5.41, 5.74) is 1.44. The summed E-state index contributed by atoms with van der Waals surface area (Å²) in [5.74, 6) is -0.0686. The second-order valence-corrected chi connectivity index (χ2v) is 2.84. The van der Waals surface area contributed by atoms with Crippen LogP contribution in [0.15, 0.2) is 0 Å². The molecule has 1 rings (SSSR count). The number of rotatable bonds is 1. The number of pyridine rings is 1. The van der Waals surface area contributed by atoms with Gasteiger partial charge in [0.2, 0.25) is 0 Å². The van der Waals surface area contributed by atoms with Crippen LogP contribution in [0.1, 0.15) is 23.7 Å². The molecular weight excluding hydrogens is 180 g/mol. The van der Waals surface area contributed by atoms with Crippen LogP contribution < -0.4 is 4.74 Å². The minimum atomic E-state index is -0.423. The van der Waals surface area contributed by atoms with E-state index in [0.717, 1.165) is 0 Å². The van der Waals surface area contributed by atoms with Gasteiger partial charge in [-0.15, -0.1) is 0 Å². The fraction of sp³-hybridized carbons (Fsp3) is 0.300. The fourth-order valence-electron chi connectivity index (χ4n) is 1.06. The molecule has 4 heteroatoms. The van der Waals surface area contributed by atoms with Crippen molar-refractivity contribution in [2.45, 2.75) is 20.8 Å². The molecule has 0 N–H and O–H groups in total. The highest BCUT2D eigenvalue weighted by molar-refractivity contribution is 5.70. The van der Waals surface area contributed by atoms with Crippen molar-refractivity contribution >= 4 is 5.97 Å². The molecule has 1 radical (unpaired) electrons. The third kappa shape index (κ3) is 1.88. The van der Waals surface area contributed by atoms with Gasteiger partial charge in [-0.3, -0.25) is 4.79 Å². The van der Waals surface area contributed by atoms with Gasteiger partial charge in [-0.2, -0.15) is 5.26 Å². The molecule has 4 nitrogen and oxygen atoms in total. The predicted molar refractivity (Wildman–Crippen MR) is 48.6 cm³/mol. The lowest BCUT2D eigenvalue weighted by molar-refractivity contribution is -0.132. The molecule has 14 heavy (non-hydrogen) atoms. The van der Waals surface area contributed by atoms with Crippen molar-refractivity contribution in [1.82, 2.24) is 4.98 Å². The Kier molecular flexibility index (Phi) is 2.82. The Balaban J connectivity index is 3.27. The second-order valence-electron chi connectivity index (χ2n) is 2.84. The van der Waals surface area contributed by atoms with Crippen LogP contribution in [-0.4, -0.2) is 11.0 Å². The highest BCUT2D eigenvalue weighted by Crippen LogP contribution is 2.23. The standard InChI is InChI=1S/C10H9N2O2/c1-6-9(4-11)5-12-7(2)10(6)14-8(3)13/h1-3H3. The molecule has 71 valence electrons. The first-order valence-electron chi connectivity index (χ1n) is 4.03. The summed E-state index contributed by atoms with van der Waals surface area (Å²) in [4.78, 5) is 14.6. The lowest BCUT2D eigenvalue weighted by Crippen LogP contribution is -2.06. The summed E-state index contributed by atoms with van der Waals surface area (Å²) >= 11 is 0. The maximum Gasteiger partial charge on any atom is 0.308 e. The Bertz CT molecular complexity index is 419. The van der Waals surface area contributed by atoms with Gasteiger partial charge in [0.25, 0.3) is 0 Å². The normalized spacial score (nSPS) is 9.29. The van der Waals surface area contributed by atoms with Crippen LogP contribution in [0.25, 0.3) is 0 Å². The molecule has 0 aliphatic heterocycles. The minimum absolute atomic E-state index is 0.298. The molecule has 1 aromatic heterocycles. The van der Waals surface area contributed by atoms with Crippen LogP contribution in [0.2, 0.25) is 0 Å². The van der Waals surface area contributed by atoms with Crippen LogP contribution in [0.5, 0.6) is 5.75 Å². The maximum atomic E-state index is 10.8. The van der Waals surface area contributed by atoms with E-state index in [1.165, 1.54) is 6.92 Å². The van der Waals surface area contributed by atoms with E-state index in [1.807, 2.05) is 6.07 Å². The van der Waals surface area contributed by atoms with Crippen molar-refractivity contribution in [3.05, 3.63) is 23.0 Å². The third-order valence-corrected chi connectivity index (χ3v) is 1.74. The summed E-state index contributed by atoms with van der Waals surface area (Å²) in [6, 6.07) is 1.93.